The van der Waals surface area contributed by atoms with Crippen molar-refractivity contribution in [2.75, 3.05) is 32.2 Å². The minimum Gasteiger partial charge on any atom is -0.491 e. The van der Waals surface area contributed by atoms with Crippen molar-refractivity contribution in [1.82, 2.24) is 0 Å². The lowest BCUT2D eigenvalue weighted by Crippen LogP contribution is -2.22. The van der Waals surface area contributed by atoms with Crippen molar-refractivity contribution >= 4 is 5.69 Å². The number of anilines is 1. The molecule has 0 heterocycles. The quantitative estimate of drug-likeness (QED) is 0.599. The molecule has 18 heavy (non-hydrogen) atoms. The van der Waals surface area contributed by atoms with E-state index < -0.39 is 0 Å². The summed E-state index contributed by atoms with van der Waals surface area (Å²) in [6.45, 7) is 8.31. The predicted octanol–water partition coefficient (Wildman–Crippen LogP) is 2.48. The molecule has 0 fully saturated rings. The van der Waals surface area contributed by atoms with Gasteiger partial charge in [0.2, 0.25) is 0 Å². The maximum atomic E-state index is 5.64. The van der Waals surface area contributed by atoms with Gasteiger partial charge in [-0.2, -0.15) is 0 Å². The molecule has 1 aromatic rings. The highest BCUT2D eigenvalue weighted by molar-refractivity contribution is 5.43. The van der Waals surface area contributed by atoms with Crippen LogP contribution in [-0.2, 0) is 9.47 Å². The summed E-state index contributed by atoms with van der Waals surface area (Å²) < 4.78 is 16.4. The normalized spacial score (nSPS) is 11.5. The standard InChI is InChI=1S/C14H23NO3/c1-14(2,3)18-10-8-16-7-9-17-13-6-4-5-12(15)11-13/h4-6,11H,7-10,15H2,1-3H3. The minimum atomic E-state index is -0.110. The van der Waals surface area contributed by atoms with E-state index in [1.807, 2.05) is 39.0 Å². The first kappa shape index (κ1) is 14.8. The number of nitrogens with two attached hydrogens (primary N) is 1. The maximum Gasteiger partial charge on any atom is 0.121 e. The highest BCUT2D eigenvalue weighted by Gasteiger charge is 2.08. The van der Waals surface area contributed by atoms with Gasteiger partial charge in [0, 0.05) is 11.8 Å². The van der Waals surface area contributed by atoms with Gasteiger partial charge in [0.25, 0.3) is 0 Å². The fourth-order valence-corrected chi connectivity index (χ4v) is 1.33. The maximum absolute atomic E-state index is 5.64. The zero-order valence-electron chi connectivity index (χ0n) is 11.4. The second-order valence-corrected chi connectivity index (χ2v) is 4.99. The van der Waals surface area contributed by atoms with Crippen LogP contribution in [0.2, 0.25) is 0 Å². The summed E-state index contributed by atoms with van der Waals surface area (Å²) in [5, 5.41) is 0. The molecule has 0 unspecified atom stereocenters. The van der Waals surface area contributed by atoms with E-state index in [2.05, 4.69) is 0 Å². The van der Waals surface area contributed by atoms with Gasteiger partial charge >= 0.3 is 0 Å². The van der Waals surface area contributed by atoms with E-state index in [1.54, 1.807) is 6.07 Å². The molecule has 0 aliphatic heterocycles. The number of ether oxygens (including phenoxy) is 3. The summed E-state index contributed by atoms with van der Waals surface area (Å²) >= 11 is 0. The third kappa shape index (κ3) is 7.14. The molecule has 0 aliphatic carbocycles. The number of hydrogen-bond acceptors (Lipinski definition) is 4. The van der Waals surface area contributed by atoms with Gasteiger partial charge in [-0.15, -0.1) is 0 Å². The van der Waals surface area contributed by atoms with Crippen molar-refractivity contribution < 1.29 is 14.2 Å². The molecule has 0 spiro atoms. The highest BCUT2D eigenvalue weighted by atomic mass is 16.5. The minimum absolute atomic E-state index is 0.110. The monoisotopic (exact) mass is 253 g/mol. The van der Waals surface area contributed by atoms with Crippen LogP contribution in [-0.4, -0.2) is 32.0 Å². The summed E-state index contributed by atoms with van der Waals surface area (Å²) in [4.78, 5) is 0. The Hall–Kier alpha value is -1.26. The molecule has 1 aromatic carbocycles. The topological polar surface area (TPSA) is 53.7 Å². The van der Waals surface area contributed by atoms with Crippen molar-refractivity contribution in [3.05, 3.63) is 24.3 Å². The van der Waals surface area contributed by atoms with Crippen molar-refractivity contribution in [2.45, 2.75) is 26.4 Å². The molecule has 0 radical (unpaired) electrons. The third-order valence-corrected chi connectivity index (χ3v) is 2.12. The van der Waals surface area contributed by atoms with E-state index in [0.717, 1.165) is 5.75 Å². The summed E-state index contributed by atoms with van der Waals surface area (Å²) in [6.07, 6.45) is 0. The number of rotatable bonds is 7. The molecule has 102 valence electrons. The Morgan fingerprint density at radius 3 is 2.44 bits per heavy atom. The van der Waals surface area contributed by atoms with E-state index in [0.29, 0.717) is 32.1 Å². The van der Waals surface area contributed by atoms with Crippen LogP contribution in [0.4, 0.5) is 5.69 Å². The van der Waals surface area contributed by atoms with E-state index in [1.165, 1.54) is 0 Å². The van der Waals surface area contributed by atoms with Crippen molar-refractivity contribution in [2.24, 2.45) is 0 Å². The lowest BCUT2D eigenvalue weighted by atomic mass is 10.2. The van der Waals surface area contributed by atoms with Crippen LogP contribution in [0.3, 0.4) is 0 Å². The Morgan fingerprint density at radius 2 is 1.78 bits per heavy atom. The smallest absolute Gasteiger partial charge is 0.121 e. The molecule has 0 aliphatic rings. The summed E-state index contributed by atoms with van der Waals surface area (Å²) in [6, 6.07) is 7.36. The average molecular weight is 253 g/mol. The van der Waals surface area contributed by atoms with Crippen molar-refractivity contribution in [3.63, 3.8) is 0 Å². The Balaban J connectivity index is 2.02. The summed E-state index contributed by atoms with van der Waals surface area (Å²) in [5.41, 5.74) is 6.23. The molecule has 4 nitrogen and oxygen atoms in total. The van der Waals surface area contributed by atoms with E-state index >= 15 is 0 Å². The third-order valence-electron chi connectivity index (χ3n) is 2.12. The van der Waals surface area contributed by atoms with Gasteiger partial charge in [0.1, 0.15) is 12.4 Å². The molecule has 2 N–H and O–H groups in total. The average Bonchev–Trinajstić information content (AvgIpc) is 2.26. The Morgan fingerprint density at radius 1 is 1.06 bits per heavy atom. The fraction of sp³-hybridized carbons (Fsp3) is 0.571. The van der Waals surface area contributed by atoms with Gasteiger partial charge in [0.05, 0.1) is 25.4 Å². The zero-order chi connectivity index (χ0) is 13.4. The number of hydrogen-bond donors (Lipinski definition) is 1. The number of benzene rings is 1. The van der Waals surface area contributed by atoms with E-state index in [4.69, 9.17) is 19.9 Å². The SMILES string of the molecule is CC(C)(C)OCCOCCOc1cccc(N)c1. The predicted molar refractivity (Wildman–Crippen MR) is 72.9 cm³/mol. The molecular weight excluding hydrogens is 230 g/mol. The number of nitrogen functional groups attached to an aromatic ring is 1. The van der Waals surface area contributed by atoms with Crippen molar-refractivity contribution in [3.8, 4) is 5.75 Å². The van der Waals surface area contributed by atoms with Gasteiger partial charge in [-0.1, -0.05) is 6.07 Å². The van der Waals surface area contributed by atoms with Gasteiger partial charge in [-0.25, -0.2) is 0 Å². The van der Waals surface area contributed by atoms with Crippen LogP contribution in [0.1, 0.15) is 20.8 Å². The van der Waals surface area contributed by atoms with Crippen LogP contribution in [0, 0.1) is 0 Å². The molecule has 0 saturated carbocycles. The largest absolute Gasteiger partial charge is 0.491 e. The van der Waals surface area contributed by atoms with Crippen molar-refractivity contribution in [1.29, 1.82) is 0 Å². The molecule has 1 rings (SSSR count). The fourth-order valence-electron chi connectivity index (χ4n) is 1.33. The van der Waals surface area contributed by atoms with Crippen LogP contribution in [0.5, 0.6) is 5.75 Å². The lowest BCUT2D eigenvalue weighted by molar-refractivity contribution is -0.0375. The molecular formula is C14H23NO3. The van der Waals surface area contributed by atoms with Crippen LogP contribution in [0.15, 0.2) is 24.3 Å². The molecule has 4 heteroatoms. The second-order valence-electron chi connectivity index (χ2n) is 4.99. The van der Waals surface area contributed by atoms with Crippen LogP contribution in [0.25, 0.3) is 0 Å². The first-order chi connectivity index (χ1) is 8.47. The zero-order valence-corrected chi connectivity index (χ0v) is 11.4. The van der Waals surface area contributed by atoms with Gasteiger partial charge in [-0.3, -0.25) is 0 Å². The Labute approximate surface area is 109 Å². The van der Waals surface area contributed by atoms with Gasteiger partial charge in [0.15, 0.2) is 0 Å². The first-order valence-corrected chi connectivity index (χ1v) is 6.17. The lowest BCUT2D eigenvalue weighted by Gasteiger charge is -2.19. The highest BCUT2D eigenvalue weighted by Crippen LogP contribution is 2.14. The second kappa shape index (κ2) is 7.24. The van der Waals surface area contributed by atoms with Crippen LogP contribution < -0.4 is 10.5 Å². The molecule has 0 amide bonds. The molecule has 0 aromatic heterocycles. The Kier molecular flexibility index (Phi) is 5.95. The summed E-state index contributed by atoms with van der Waals surface area (Å²) in [5.74, 6) is 0.768. The van der Waals surface area contributed by atoms with Gasteiger partial charge in [-0.05, 0) is 32.9 Å². The first-order valence-electron chi connectivity index (χ1n) is 6.17. The Bertz CT molecular complexity index is 347. The van der Waals surface area contributed by atoms with Crippen LogP contribution >= 0.6 is 0 Å². The van der Waals surface area contributed by atoms with Gasteiger partial charge < -0.3 is 19.9 Å². The molecule has 0 atom stereocenters. The molecule has 0 bridgehead atoms. The molecule has 0 saturated heterocycles. The van der Waals surface area contributed by atoms with E-state index in [-0.39, 0.29) is 5.60 Å². The van der Waals surface area contributed by atoms with E-state index in [9.17, 15) is 0 Å². The summed E-state index contributed by atoms with van der Waals surface area (Å²) in [7, 11) is 0.